The van der Waals surface area contributed by atoms with Crippen molar-refractivity contribution in [1.82, 2.24) is 63.5 Å². The van der Waals surface area contributed by atoms with E-state index in [1.807, 2.05) is 6.07 Å². The summed E-state index contributed by atoms with van der Waals surface area (Å²) in [6.45, 7) is 6.83. The van der Waals surface area contributed by atoms with Crippen LogP contribution in [-0.4, -0.2) is 186 Å². The fourth-order valence-corrected chi connectivity index (χ4v) is 9.58. The zero-order chi connectivity index (χ0) is 64.4. The molecule has 0 unspecified atom stereocenters. The van der Waals surface area contributed by atoms with Crippen LogP contribution >= 0.6 is 25.3 Å². The second-order valence-corrected chi connectivity index (χ2v) is 21.8. The van der Waals surface area contributed by atoms with Gasteiger partial charge >= 0.3 is 0 Å². The van der Waals surface area contributed by atoms with Gasteiger partial charge in [0.15, 0.2) is 5.96 Å². The van der Waals surface area contributed by atoms with Gasteiger partial charge in [-0.2, -0.15) is 25.3 Å². The molecule has 0 bridgehead atoms. The van der Waals surface area contributed by atoms with Crippen molar-refractivity contribution in [2.24, 2.45) is 16.5 Å². The minimum absolute atomic E-state index is 0.0405. The highest BCUT2D eigenvalue weighted by Gasteiger charge is 2.36. The maximum atomic E-state index is 14.8. The highest BCUT2D eigenvalue weighted by molar-refractivity contribution is 7.80. The predicted octanol–water partition coefficient (Wildman–Crippen LogP) is -1.88. The predicted molar refractivity (Wildman–Crippen MR) is 337 cm³/mol. The number of hydrogen-bond donors (Lipinski definition) is 18. The summed E-state index contributed by atoms with van der Waals surface area (Å²) in [5, 5.41) is 50.9. The van der Waals surface area contributed by atoms with Gasteiger partial charge in [0, 0.05) is 68.5 Å². The molecule has 0 aliphatic heterocycles. The molecule has 27 nitrogen and oxygen atoms in total. The van der Waals surface area contributed by atoms with Crippen LogP contribution in [0, 0.1) is 0 Å². The monoisotopic (exact) mass is 1250 g/mol. The number of nitrogens with one attached hydrogen (secondary N) is 12. The van der Waals surface area contributed by atoms with E-state index in [4.69, 9.17) is 11.5 Å². The number of nitrogens with zero attached hydrogens (tertiary/aromatic N) is 1. The second-order valence-electron chi connectivity index (χ2n) is 21.1. The summed E-state index contributed by atoms with van der Waals surface area (Å²) >= 11 is 8.45. The van der Waals surface area contributed by atoms with Gasteiger partial charge in [-0.1, -0.05) is 74.7 Å². The zero-order valence-electron chi connectivity index (χ0n) is 50.2. The number of unbranched alkanes of at least 4 members (excludes halogenated alkanes) is 5. The van der Waals surface area contributed by atoms with Crippen LogP contribution in [0.4, 0.5) is 0 Å². The Morgan fingerprint density at radius 2 is 1.07 bits per heavy atom. The number of aromatic nitrogens is 1. The van der Waals surface area contributed by atoms with Gasteiger partial charge < -0.3 is 85.1 Å². The Morgan fingerprint density at radius 3 is 1.64 bits per heavy atom. The molecule has 0 saturated carbocycles. The number of hydrogen-bond acceptors (Lipinski definition) is 16. The highest BCUT2D eigenvalue weighted by atomic mass is 32.1. The molecule has 10 atom stereocenters. The molecular formula is C58H91N15O12S2. The van der Waals surface area contributed by atoms with E-state index in [0.29, 0.717) is 53.8 Å². The minimum Gasteiger partial charge on any atom is -0.391 e. The van der Waals surface area contributed by atoms with Crippen molar-refractivity contribution in [3.05, 3.63) is 71.9 Å². The number of primary amides is 1. The Hall–Kier alpha value is -7.47. The quantitative estimate of drug-likeness (QED) is 0.0128. The number of nitrogens with two attached hydrogens (primary N) is 2. The molecule has 1 aromatic heterocycles. The summed E-state index contributed by atoms with van der Waals surface area (Å²) in [7, 11) is 1.68. The Kier molecular flexibility index (Phi) is 34.0. The van der Waals surface area contributed by atoms with Gasteiger partial charge in [-0.15, -0.1) is 0 Å². The SMILES string of the molecule is CCCCCCNC(=NC)NCCCC[C@H](NC(C)=O)C(=O)NCC(=O)N[C@@H](CS)C(=O)N[C@@H](Cc1ccccc1)C(=O)N[C@H](Cc1c[nH]c2ccccc12)C(=O)N[C@@H](CCCCN)C(=O)N[C@H](C(=O)N[C@@H](CS)C(=O)N[C@H](C(N)=O)[C@@H](C)O)[C@@H](C)O. The summed E-state index contributed by atoms with van der Waals surface area (Å²) in [4.78, 5) is 143. The number of carbonyl (C=O) groups excluding carboxylic acids is 10. The maximum Gasteiger partial charge on any atom is 0.245 e. The van der Waals surface area contributed by atoms with Crippen LogP contribution in [0.25, 0.3) is 10.9 Å². The first kappa shape index (κ1) is 73.8. The molecule has 2 aromatic carbocycles. The van der Waals surface area contributed by atoms with Crippen molar-refractivity contribution in [1.29, 1.82) is 0 Å². The number of fused-ring (bicyclic) bond motifs is 1. The van der Waals surface area contributed by atoms with Gasteiger partial charge in [-0.3, -0.25) is 52.9 Å². The summed E-state index contributed by atoms with van der Waals surface area (Å²) in [5.74, 6) is -8.31. The Bertz CT molecular complexity index is 2740. The molecule has 1 heterocycles. The van der Waals surface area contributed by atoms with E-state index in [1.165, 1.54) is 20.8 Å². The molecule has 0 radical (unpaired) electrons. The van der Waals surface area contributed by atoms with E-state index in [2.05, 4.69) is 101 Å². The minimum atomic E-state index is -1.72. The van der Waals surface area contributed by atoms with E-state index in [9.17, 15) is 58.2 Å². The standard InChI is InChI=1S/C58H91N15O12S2/c1-6-7-8-17-26-62-58(61-5)63-27-18-15-24-41(66-36(4)76)51(79)65-31-47(77)67-45(32-86)55(83)69-43(28-37-19-10-9-11-20-37)53(81)70-44(29-38-30-64-40-22-13-12-21-39(38)40)54(82)68-42(23-14-16-25-59)52(80)73-49(35(3)75)57(85)71-46(33-87)56(84)72-48(34(2)74)50(60)78/h9-13,19-22,30,34-35,41-46,48-49,64,74-75,86-87H,6-8,14-18,23-29,31-33,59H2,1-5H3,(H2,60,78)(H,65,79)(H,66,76)(H,67,77)(H,68,82)(H,69,83)(H,70,81)(H,71,85)(H,72,84)(H,73,80)(H2,61,62,63)/t34-,35-,41+,42+,43+,44-,45+,46+,48+,49+/m1/s1. The molecular weight excluding hydrogens is 1160 g/mol. The summed E-state index contributed by atoms with van der Waals surface area (Å²) in [6.07, 6.45) is 4.96. The number of H-pyrrole nitrogens is 1. The van der Waals surface area contributed by atoms with Crippen molar-refractivity contribution in [3.63, 3.8) is 0 Å². The third-order valence-electron chi connectivity index (χ3n) is 13.9. The number of thiol groups is 2. The van der Waals surface area contributed by atoms with E-state index >= 15 is 0 Å². The molecule has 0 aliphatic carbocycles. The number of aliphatic imine (C=N–C) groups is 1. The molecule has 29 heteroatoms. The lowest BCUT2D eigenvalue weighted by Crippen LogP contribution is -2.62. The van der Waals surface area contributed by atoms with Gasteiger partial charge in [-0.25, -0.2) is 0 Å². The van der Waals surface area contributed by atoms with Crippen LogP contribution in [0.1, 0.15) is 103 Å². The number of aliphatic hydroxyl groups is 2. The first-order valence-corrected chi connectivity index (χ1v) is 30.6. The Labute approximate surface area is 519 Å². The molecule has 10 amide bonds. The van der Waals surface area contributed by atoms with Crippen LogP contribution in [0.2, 0.25) is 0 Å². The molecule has 0 spiro atoms. The lowest BCUT2D eigenvalue weighted by atomic mass is 10.0. The number of rotatable bonds is 40. The Balaban J connectivity index is 1.84. The third-order valence-corrected chi connectivity index (χ3v) is 14.6. The molecule has 0 fully saturated rings. The van der Waals surface area contributed by atoms with E-state index in [1.54, 1.807) is 61.8 Å². The second kappa shape index (κ2) is 40.1. The van der Waals surface area contributed by atoms with Crippen LogP contribution in [-0.2, 0) is 60.8 Å². The molecule has 482 valence electrons. The number of benzene rings is 2. The van der Waals surface area contributed by atoms with Crippen molar-refractivity contribution < 1.29 is 58.2 Å². The van der Waals surface area contributed by atoms with Gasteiger partial charge in [-0.05, 0) is 82.5 Å². The normalized spacial score (nSPS) is 14.8. The lowest BCUT2D eigenvalue weighted by molar-refractivity contribution is -0.137. The van der Waals surface area contributed by atoms with Crippen LogP contribution in [0.5, 0.6) is 0 Å². The van der Waals surface area contributed by atoms with Gasteiger partial charge in [0.2, 0.25) is 59.1 Å². The number of para-hydroxylation sites is 1. The van der Waals surface area contributed by atoms with Crippen molar-refractivity contribution in [2.45, 2.75) is 165 Å². The molecule has 3 rings (SSSR count). The largest absolute Gasteiger partial charge is 0.391 e. The maximum absolute atomic E-state index is 14.8. The Morgan fingerprint density at radius 1 is 0.563 bits per heavy atom. The third kappa shape index (κ3) is 26.6. The molecule has 3 aromatic rings. The first-order chi connectivity index (χ1) is 41.6. The average molecular weight is 1250 g/mol. The average Bonchev–Trinajstić information content (AvgIpc) is 3.96. The fourth-order valence-electron chi connectivity index (χ4n) is 9.07. The van der Waals surface area contributed by atoms with Crippen molar-refractivity contribution in [3.8, 4) is 0 Å². The highest BCUT2D eigenvalue weighted by Crippen LogP contribution is 2.20. The molecule has 18 N–H and O–H groups in total. The van der Waals surface area contributed by atoms with Crippen molar-refractivity contribution in [2.75, 3.05) is 44.7 Å². The summed E-state index contributed by atoms with van der Waals surface area (Å²) in [6, 6.07) is 4.58. The summed E-state index contributed by atoms with van der Waals surface area (Å²) in [5.41, 5.74) is 13.0. The fraction of sp³-hybridized carbons (Fsp3) is 0.569. The number of guanidine groups is 1. The molecule has 0 aliphatic rings. The number of aromatic amines is 1. The molecule has 87 heavy (non-hydrogen) atoms. The van der Waals surface area contributed by atoms with Crippen LogP contribution in [0.3, 0.4) is 0 Å². The van der Waals surface area contributed by atoms with Gasteiger partial charge in [0.05, 0.1) is 18.8 Å². The summed E-state index contributed by atoms with van der Waals surface area (Å²) < 4.78 is 0. The van der Waals surface area contributed by atoms with Crippen LogP contribution < -0.4 is 70.0 Å². The van der Waals surface area contributed by atoms with E-state index < -0.39 is 126 Å². The number of aliphatic hydroxyl groups excluding tert-OH is 2. The first-order valence-electron chi connectivity index (χ1n) is 29.3. The number of carbonyl (C=O) groups is 10. The topological polar surface area (TPSA) is 424 Å². The molecule has 0 saturated heterocycles. The van der Waals surface area contributed by atoms with Crippen molar-refractivity contribution >= 4 is 101 Å². The zero-order valence-corrected chi connectivity index (χ0v) is 52.0. The lowest BCUT2D eigenvalue weighted by Gasteiger charge is -2.28. The smallest absolute Gasteiger partial charge is 0.245 e. The number of amides is 10. The van der Waals surface area contributed by atoms with Gasteiger partial charge in [0.25, 0.3) is 0 Å². The van der Waals surface area contributed by atoms with E-state index in [0.717, 1.165) is 32.2 Å². The van der Waals surface area contributed by atoms with E-state index in [-0.39, 0.29) is 50.2 Å². The van der Waals surface area contributed by atoms with Crippen LogP contribution in [0.15, 0.2) is 65.8 Å². The van der Waals surface area contributed by atoms with Gasteiger partial charge in [0.1, 0.15) is 48.3 Å².